The number of aliphatic hydroxyl groups is 1. The van der Waals surface area contributed by atoms with Crippen molar-refractivity contribution in [3.05, 3.63) is 29.6 Å². The van der Waals surface area contributed by atoms with Gasteiger partial charge in [0.15, 0.2) is 0 Å². The molecular formula is C12H16FNO3S. The van der Waals surface area contributed by atoms with Crippen molar-refractivity contribution in [2.24, 2.45) is 0 Å². The number of piperidine rings is 1. The molecule has 1 saturated heterocycles. The second-order valence-electron chi connectivity index (χ2n) is 4.62. The molecule has 1 aromatic rings. The largest absolute Gasteiger partial charge is 0.392 e. The molecule has 0 aliphatic carbocycles. The number of benzene rings is 1. The predicted molar refractivity (Wildman–Crippen MR) is 65.1 cm³/mol. The van der Waals surface area contributed by atoms with Crippen molar-refractivity contribution in [2.45, 2.75) is 30.8 Å². The topological polar surface area (TPSA) is 57.6 Å². The first-order chi connectivity index (χ1) is 8.39. The zero-order valence-corrected chi connectivity index (χ0v) is 11.0. The fourth-order valence-electron chi connectivity index (χ4n) is 2.14. The number of sulfonamides is 1. The number of nitrogens with zero attached hydrogens (tertiary/aromatic N) is 1. The first kappa shape index (κ1) is 13.5. The fraction of sp³-hybridized carbons (Fsp3) is 0.500. The van der Waals surface area contributed by atoms with E-state index < -0.39 is 21.9 Å². The Morgan fingerprint density at radius 1 is 1.39 bits per heavy atom. The zero-order chi connectivity index (χ0) is 13.3. The van der Waals surface area contributed by atoms with Crippen molar-refractivity contribution in [2.75, 3.05) is 13.1 Å². The number of halogens is 1. The van der Waals surface area contributed by atoms with Crippen molar-refractivity contribution >= 4 is 10.0 Å². The van der Waals surface area contributed by atoms with E-state index in [-0.39, 0.29) is 11.4 Å². The molecule has 0 amide bonds. The molecule has 1 atom stereocenters. The van der Waals surface area contributed by atoms with E-state index in [4.69, 9.17) is 0 Å². The number of hydrogen-bond donors (Lipinski definition) is 1. The Morgan fingerprint density at radius 2 is 2.11 bits per heavy atom. The summed E-state index contributed by atoms with van der Waals surface area (Å²) in [7, 11) is -3.71. The van der Waals surface area contributed by atoms with E-state index in [1.165, 1.54) is 16.4 Å². The molecule has 0 radical (unpaired) electrons. The van der Waals surface area contributed by atoms with Crippen molar-refractivity contribution in [1.82, 2.24) is 4.31 Å². The predicted octanol–water partition coefficient (Wildman–Crippen LogP) is 1.28. The summed E-state index contributed by atoms with van der Waals surface area (Å²) < 4.78 is 39.1. The fourth-order valence-corrected chi connectivity index (χ4v) is 3.77. The minimum absolute atomic E-state index is 0.0471. The van der Waals surface area contributed by atoms with E-state index in [0.29, 0.717) is 24.9 Å². The second-order valence-corrected chi connectivity index (χ2v) is 6.56. The lowest BCUT2D eigenvalue weighted by atomic mass is 10.1. The quantitative estimate of drug-likeness (QED) is 0.883. The van der Waals surface area contributed by atoms with Gasteiger partial charge in [-0.25, -0.2) is 12.8 Å². The number of rotatable bonds is 2. The van der Waals surface area contributed by atoms with Crippen LogP contribution in [0.5, 0.6) is 0 Å². The third kappa shape index (κ3) is 2.71. The Bertz CT molecular complexity index is 524. The first-order valence-electron chi connectivity index (χ1n) is 5.85. The molecule has 1 unspecified atom stereocenters. The normalized spacial score (nSPS) is 22.1. The summed E-state index contributed by atoms with van der Waals surface area (Å²) in [5.74, 6) is -0.564. The highest BCUT2D eigenvalue weighted by Crippen LogP contribution is 2.22. The van der Waals surface area contributed by atoms with Gasteiger partial charge in [-0.15, -0.1) is 0 Å². The van der Waals surface area contributed by atoms with Gasteiger partial charge in [0.1, 0.15) is 5.82 Å². The Balaban J connectivity index is 2.35. The van der Waals surface area contributed by atoms with Gasteiger partial charge in [0, 0.05) is 13.1 Å². The summed E-state index contributed by atoms with van der Waals surface area (Å²) in [5.41, 5.74) is 0.561. The highest BCUT2D eigenvalue weighted by atomic mass is 32.2. The molecule has 4 nitrogen and oxygen atoms in total. The Hall–Kier alpha value is -0.980. The standard InChI is InChI=1S/C12H16FNO3S/c1-9-5-10(13)7-12(6-9)18(16,17)14-4-2-3-11(15)8-14/h5-7,11,15H,2-4,8H2,1H3. The van der Waals surface area contributed by atoms with Crippen LogP contribution in [-0.2, 0) is 10.0 Å². The van der Waals surface area contributed by atoms with Gasteiger partial charge in [0.05, 0.1) is 11.0 Å². The van der Waals surface area contributed by atoms with Crippen molar-refractivity contribution in [3.8, 4) is 0 Å². The Morgan fingerprint density at radius 3 is 2.72 bits per heavy atom. The van der Waals surface area contributed by atoms with E-state index >= 15 is 0 Å². The highest BCUT2D eigenvalue weighted by Gasteiger charge is 2.29. The maximum Gasteiger partial charge on any atom is 0.243 e. The number of β-amino-alcohol motifs (C(OH)–C–C–N with tert-alkyl or cyclic N) is 1. The summed E-state index contributed by atoms with van der Waals surface area (Å²) in [6.07, 6.45) is 0.589. The summed E-state index contributed by atoms with van der Waals surface area (Å²) in [5, 5.41) is 9.52. The van der Waals surface area contributed by atoms with E-state index in [9.17, 15) is 17.9 Å². The number of aryl methyl sites for hydroxylation is 1. The second kappa shape index (κ2) is 4.95. The maximum absolute atomic E-state index is 13.3. The average Bonchev–Trinajstić information content (AvgIpc) is 2.27. The van der Waals surface area contributed by atoms with Crippen LogP contribution in [0.1, 0.15) is 18.4 Å². The van der Waals surface area contributed by atoms with E-state index in [2.05, 4.69) is 0 Å². The molecule has 18 heavy (non-hydrogen) atoms. The number of aliphatic hydroxyl groups excluding tert-OH is 1. The third-order valence-corrected chi connectivity index (χ3v) is 4.86. The molecule has 1 aliphatic heterocycles. The average molecular weight is 273 g/mol. The zero-order valence-electron chi connectivity index (χ0n) is 10.1. The van der Waals surface area contributed by atoms with E-state index in [0.717, 1.165) is 6.07 Å². The van der Waals surface area contributed by atoms with Gasteiger partial charge < -0.3 is 5.11 Å². The van der Waals surface area contributed by atoms with Crippen LogP contribution in [0.25, 0.3) is 0 Å². The van der Waals surface area contributed by atoms with Crippen molar-refractivity contribution < 1.29 is 17.9 Å². The van der Waals surface area contributed by atoms with Gasteiger partial charge in [-0.3, -0.25) is 0 Å². The molecular weight excluding hydrogens is 257 g/mol. The van der Waals surface area contributed by atoms with Crippen LogP contribution in [0.2, 0.25) is 0 Å². The SMILES string of the molecule is Cc1cc(F)cc(S(=O)(=O)N2CCCC(O)C2)c1. The summed E-state index contributed by atoms with van der Waals surface area (Å²) in [4.78, 5) is -0.0471. The highest BCUT2D eigenvalue weighted by molar-refractivity contribution is 7.89. The minimum atomic E-state index is -3.71. The van der Waals surface area contributed by atoms with Crippen LogP contribution in [0.3, 0.4) is 0 Å². The molecule has 0 spiro atoms. The molecule has 1 fully saturated rings. The molecule has 0 saturated carbocycles. The van der Waals surface area contributed by atoms with Gasteiger partial charge in [0.2, 0.25) is 10.0 Å². The van der Waals surface area contributed by atoms with Crippen molar-refractivity contribution in [3.63, 3.8) is 0 Å². The van der Waals surface area contributed by atoms with Crippen LogP contribution in [-0.4, -0.2) is 37.0 Å². The number of hydrogen-bond acceptors (Lipinski definition) is 3. The molecule has 6 heteroatoms. The summed E-state index contributed by atoms with van der Waals surface area (Å²) in [6.45, 7) is 2.10. The molecule has 100 valence electrons. The van der Waals surface area contributed by atoms with Crippen LogP contribution in [0, 0.1) is 12.7 Å². The molecule has 0 aromatic heterocycles. The summed E-state index contributed by atoms with van der Waals surface area (Å²) >= 11 is 0. The molecule has 2 rings (SSSR count). The van der Waals surface area contributed by atoms with Gasteiger partial charge in [-0.05, 0) is 43.5 Å². The lowest BCUT2D eigenvalue weighted by Gasteiger charge is -2.29. The maximum atomic E-state index is 13.3. The monoisotopic (exact) mass is 273 g/mol. The Labute approximate surface area is 106 Å². The minimum Gasteiger partial charge on any atom is -0.392 e. The lowest BCUT2D eigenvalue weighted by molar-refractivity contribution is 0.108. The van der Waals surface area contributed by atoms with Gasteiger partial charge in [0.25, 0.3) is 0 Å². The molecule has 1 heterocycles. The third-order valence-electron chi connectivity index (χ3n) is 3.01. The first-order valence-corrected chi connectivity index (χ1v) is 7.29. The molecule has 1 aromatic carbocycles. The van der Waals surface area contributed by atoms with E-state index in [1.807, 2.05) is 0 Å². The van der Waals surface area contributed by atoms with Crippen LogP contribution >= 0.6 is 0 Å². The van der Waals surface area contributed by atoms with Crippen LogP contribution < -0.4 is 0 Å². The van der Waals surface area contributed by atoms with E-state index in [1.54, 1.807) is 6.92 Å². The summed E-state index contributed by atoms with van der Waals surface area (Å²) in [6, 6.07) is 3.74. The lowest BCUT2D eigenvalue weighted by Crippen LogP contribution is -2.42. The molecule has 1 aliphatic rings. The molecule has 0 bridgehead atoms. The van der Waals surface area contributed by atoms with Gasteiger partial charge >= 0.3 is 0 Å². The van der Waals surface area contributed by atoms with Crippen LogP contribution in [0.4, 0.5) is 4.39 Å². The van der Waals surface area contributed by atoms with Gasteiger partial charge in [-0.1, -0.05) is 0 Å². The smallest absolute Gasteiger partial charge is 0.243 e. The van der Waals surface area contributed by atoms with Gasteiger partial charge in [-0.2, -0.15) is 4.31 Å². The van der Waals surface area contributed by atoms with Crippen LogP contribution in [0.15, 0.2) is 23.1 Å². The Kier molecular flexibility index (Phi) is 3.70. The van der Waals surface area contributed by atoms with Crippen molar-refractivity contribution in [1.29, 1.82) is 0 Å². The molecule has 1 N–H and O–H groups in total.